The van der Waals surface area contributed by atoms with Crippen LogP contribution in [-0.2, 0) is 11.3 Å². The number of rotatable bonds is 10. The highest BCUT2D eigenvalue weighted by atomic mass is 127. The fraction of sp³-hybridized carbons (Fsp3) is 0.526. The van der Waals surface area contributed by atoms with Crippen molar-refractivity contribution in [2.45, 2.75) is 33.7 Å². The largest absolute Gasteiger partial charge is 0.380 e. The van der Waals surface area contributed by atoms with E-state index in [2.05, 4.69) is 39.7 Å². The Bertz CT molecular complexity index is 659. The molecule has 1 aromatic carbocycles. The second kappa shape index (κ2) is 13.5. The molecule has 0 saturated heterocycles. The van der Waals surface area contributed by atoms with E-state index in [1.165, 1.54) is 0 Å². The minimum atomic E-state index is 0. The molecule has 0 amide bonds. The Kier molecular flexibility index (Phi) is 11.7. The van der Waals surface area contributed by atoms with Crippen LogP contribution < -0.4 is 10.6 Å². The van der Waals surface area contributed by atoms with Crippen LogP contribution in [0.2, 0.25) is 0 Å². The van der Waals surface area contributed by atoms with Crippen molar-refractivity contribution < 1.29 is 4.74 Å². The molecule has 0 saturated carbocycles. The molecular weight excluding hydrogens is 455 g/mol. The number of hydrogen-bond donors (Lipinski definition) is 2. The fourth-order valence-corrected chi connectivity index (χ4v) is 2.33. The maximum Gasteiger partial charge on any atom is 0.191 e. The molecule has 0 radical (unpaired) electrons. The first-order valence-corrected chi connectivity index (χ1v) is 9.25. The lowest BCUT2D eigenvalue weighted by Gasteiger charge is -2.12. The Balaban J connectivity index is 0.00000364. The topological polar surface area (TPSA) is 76.4 Å². The van der Waals surface area contributed by atoms with Crippen molar-refractivity contribution in [2.75, 3.05) is 26.3 Å². The molecule has 0 fully saturated rings. The highest BCUT2D eigenvalue weighted by Gasteiger charge is 2.06. The summed E-state index contributed by atoms with van der Waals surface area (Å²) < 4.78 is 7.58. The fourth-order valence-electron chi connectivity index (χ4n) is 2.33. The average Bonchev–Trinajstić information content (AvgIpc) is 3.11. The van der Waals surface area contributed by atoms with Crippen molar-refractivity contribution in [1.29, 1.82) is 0 Å². The summed E-state index contributed by atoms with van der Waals surface area (Å²) in [4.78, 5) is 4.60. The van der Waals surface area contributed by atoms with Crippen LogP contribution in [0.15, 0.2) is 41.7 Å². The van der Waals surface area contributed by atoms with Crippen LogP contribution in [0.25, 0.3) is 5.69 Å². The van der Waals surface area contributed by atoms with E-state index >= 15 is 0 Å². The van der Waals surface area contributed by atoms with E-state index in [0.29, 0.717) is 19.1 Å². The predicted molar refractivity (Wildman–Crippen MR) is 120 cm³/mol. The second-order valence-electron chi connectivity index (χ2n) is 6.37. The zero-order valence-corrected chi connectivity index (χ0v) is 18.7. The van der Waals surface area contributed by atoms with E-state index in [1.807, 2.05) is 41.8 Å². The van der Waals surface area contributed by atoms with Crippen LogP contribution in [0.5, 0.6) is 0 Å². The van der Waals surface area contributed by atoms with Gasteiger partial charge in [-0.25, -0.2) is 4.99 Å². The lowest BCUT2D eigenvalue weighted by Crippen LogP contribution is -2.39. The summed E-state index contributed by atoms with van der Waals surface area (Å²) in [6.07, 6.45) is 2.80. The third-order valence-electron chi connectivity index (χ3n) is 3.75. The molecule has 150 valence electrons. The van der Waals surface area contributed by atoms with Gasteiger partial charge in [-0.05, 0) is 31.4 Å². The molecule has 2 N–H and O–H groups in total. The van der Waals surface area contributed by atoms with Crippen LogP contribution in [0.1, 0.15) is 33.0 Å². The molecule has 1 heterocycles. The second-order valence-corrected chi connectivity index (χ2v) is 6.37. The number of para-hydroxylation sites is 1. The summed E-state index contributed by atoms with van der Waals surface area (Å²) in [5.74, 6) is 2.22. The van der Waals surface area contributed by atoms with E-state index in [4.69, 9.17) is 4.74 Å². The Morgan fingerprint density at radius 1 is 1.19 bits per heavy atom. The number of nitrogens with zero attached hydrogens (tertiary/aromatic N) is 4. The summed E-state index contributed by atoms with van der Waals surface area (Å²) in [5, 5.41) is 14.7. The van der Waals surface area contributed by atoms with Crippen molar-refractivity contribution in [2.24, 2.45) is 10.9 Å². The number of hydrogen-bond acceptors (Lipinski definition) is 4. The molecular formula is C19H31IN6O. The van der Waals surface area contributed by atoms with E-state index in [0.717, 1.165) is 43.6 Å². The summed E-state index contributed by atoms with van der Waals surface area (Å²) in [6, 6.07) is 10.0. The summed E-state index contributed by atoms with van der Waals surface area (Å²) in [5.41, 5.74) is 1.03. The van der Waals surface area contributed by atoms with Gasteiger partial charge < -0.3 is 15.4 Å². The lowest BCUT2D eigenvalue weighted by molar-refractivity contribution is 0.128. The SMILES string of the molecule is CCNC(=NCc1nncn1-c1ccccc1)NCCOCCC(C)C.I. The van der Waals surface area contributed by atoms with Gasteiger partial charge in [0.2, 0.25) is 0 Å². The normalized spacial score (nSPS) is 11.3. The molecule has 8 heteroatoms. The predicted octanol–water partition coefficient (Wildman–Crippen LogP) is 3.00. The summed E-state index contributed by atoms with van der Waals surface area (Å²) >= 11 is 0. The van der Waals surface area contributed by atoms with Crippen LogP contribution in [0, 0.1) is 5.92 Å². The minimum Gasteiger partial charge on any atom is -0.380 e. The van der Waals surface area contributed by atoms with Gasteiger partial charge in [0.1, 0.15) is 12.9 Å². The van der Waals surface area contributed by atoms with Crippen molar-refractivity contribution >= 4 is 29.9 Å². The van der Waals surface area contributed by atoms with E-state index in [9.17, 15) is 0 Å². The maximum atomic E-state index is 5.63. The van der Waals surface area contributed by atoms with Gasteiger partial charge >= 0.3 is 0 Å². The van der Waals surface area contributed by atoms with Gasteiger partial charge in [-0.2, -0.15) is 0 Å². The number of aromatic nitrogens is 3. The van der Waals surface area contributed by atoms with Gasteiger partial charge in [0, 0.05) is 25.4 Å². The van der Waals surface area contributed by atoms with Crippen molar-refractivity contribution in [3.63, 3.8) is 0 Å². The zero-order chi connectivity index (χ0) is 18.6. The molecule has 0 aliphatic heterocycles. The molecule has 0 spiro atoms. The number of ether oxygens (including phenoxy) is 1. The van der Waals surface area contributed by atoms with Crippen molar-refractivity contribution in [3.8, 4) is 5.69 Å². The molecule has 0 aliphatic carbocycles. The van der Waals surface area contributed by atoms with Crippen molar-refractivity contribution in [3.05, 3.63) is 42.5 Å². The number of nitrogens with one attached hydrogen (secondary N) is 2. The quantitative estimate of drug-likeness (QED) is 0.234. The molecule has 0 atom stereocenters. The van der Waals surface area contributed by atoms with Crippen LogP contribution in [-0.4, -0.2) is 47.0 Å². The highest BCUT2D eigenvalue weighted by molar-refractivity contribution is 14.0. The molecule has 2 aromatic rings. The number of guanidine groups is 1. The Hall–Kier alpha value is -1.68. The first kappa shape index (κ1) is 23.4. The van der Waals surface area contributed by atoms with Gasteiger partial charge in [-0.15, -0.1) is 34.2 Å². The van der Waals surface area contributed by atoms with Crippen LogP contribution >= 0.6 is 24.0 Å². The molecule has 0 unspecified atom stereocenters. The minimum absolute atomic E-state index is 0. The third kappa shape index (κ3) is 8.70. The van der Waals surface area contributed by atoms with E-state index in [1.54, 1.807) is 6.33 Å². The van der Waals surface area contributed by atoms with Gasteiger partial charge in [-0.3, -0.25) is 4.57 Å². The first-order chi connectivity index (χ1) is 12.7. The van der Waals surface area contributed by atoms with Gasteiger partial charge in [0.15, 0.2) is 11.8 Å². The summed E-state index contributed by atoms with van der Waals surface area (Å²) in [6.45, 7) is 9.87. The monoisotopic (exact) mass is 486 g/mol. The Labute approximate surface area is 179 Å². The van der Waals surface area contributed by atoms with Gasteiger partial charge in [0.25, 0.3) is 0 Å². The van der Waals surface area contributed by atoms with Gasteiger partial charge in [0.05, 0.1) is 6.61 Å². The molecule has 2 rings (SSSR count). The first-order valence-electron chi connectivity index (χ1n) is 9.25. The Morgan fingerprint density at radius 3 is 2.67 bits per heavy atom. The molecule has 0 bridgehead atoms. The zero-order valence-electron chi connectivity index (χ0n) is 16.4. The van der Waals surface area contributed by atoms with Crippen LogP contribution in [0.4, 0.5) is 0 Å². The maximum absolute atomic E-state index is 5.63. The third-order valence-corrected chi connectivity index (χ3v) is 3.75. The Morgan fingerprint density at radius 2 is 1.96 bits per heavy atom. The smallest absolute Gasteiger partial charge is 0.191 e. The van der Waals surface area contributed by atoms with E-state index < -0.39 is 0 Å². The van der Waals surface area contributed by atoms with E-state index in [-0.39, 0.29) is 24.0 Å². The molecule has 7 nitrogen and oxygen atoms in total. The standard InChI is InChI=1S/C19H30N6O.HI/c1-4-20-19(21-11-13-26-12-10-16(2)3)22-14-18-24-23-15-25(18)17-8-6-5-7-9-17;/h5-9,15-16H,4,10-14H2,1-3H3,(H2,20,21,22);1H. The summed E-state index contributed by atoms with van der Waals surface area (Å²) in [7, 11) is 0. The number of halogens is 1. The molecule has 1 aromatic heterocycles. The van der Waals surface area contributed by atoms with Gasteiger partial charge in [-0.1, -0.05) is 32.0 Å². The molecule has 27 heavy (non-hydrogen) atoms. The van der Waals surface area contributed by atoms with Crippen molar-refractivity contribution in [1.82, 2.24) is 25.4 Å². The number of benzene rings is 1. The molecule has 0 aliphatic rings. The highest BCUT2D eigenvalue weighted by Crippen LogP contribution is 2.09. The number of aliphatic imine (C=N–C) groups is 1. The average molecular weight is 486 g/mol. The lowest BCUT2D eigenvalue weighted by atomic mass is 10.1. The van der Waals surface area contributed by atoms with Crippen LogP contribution in [0.3, 0.4) is 0 Å².